The van der Waals surface area contributed by atoms with Crippen molar-refractivity contribution in [1.29, 1.82) is 0 Å². The number of halogens is 1. The van der Waals surface area contributed by atoms with E-state index >= 15 is 0 Å². The average molecular weight is 470 g/mol. The zero-order valence-corrected chi connectivity index (χ0v) is 19.4. The zero-order valence-electron chi connectivity index (χ0n) is 17.0. The lowest BCUT2D eigenvalue weighted by Gasteiger charge is -2.30. The quantitative estimate of drug-likeness (QED) is 0.726. The van der Waals surface area contributed by atoms with Gasteiger partial charge in [-0.05, 0) is 43.5 Å². The third kappa shape index (κ3) is 4.85. The first-order valence-corrected chi connectivity index (χ1v) is 12.2. The molecule has 1 aliphatic heterocycles. The predicted molar refractivity (Wildman–Crippen MR) is 119 cm³/mol. The van der Waals surface area contributed by atoms with E-state index in [0.29, 0.717) is 29.1 Å². The van der Waals surface area contributed by atoms with Gasteiger partial charge in [0.1, 0.15) is 4.21 Å². The van der Waals surface area contributed by atoms with E-state index in [-0.39, 0.29) is 35.0 Å². The van der Waals surface area contributed by atoms with Crippen LogP contribution in [0.1, 0.15) is 28.8 Å². The van der Waals surface area contributed by atoms with Crippen LogP contribution < -0.4 is 5.32 Å². The molecule has 0 unspecified atom stereocenters. The van der Waals surface area contributed by atoms with Crippen LogP contribution in [0.15, 0.2) is 33.9 Å². The van der Waals surface area contributed by atoms with Crippen LogP contribution in [0.5, 0.6) is 0 Å². The van der Waals surface area contributed by atoms with Crippen molar-refractivity contribution in [2.45, 2.75) is 24.0 Å². The minimum Gasteiger partial charge on any atom is -0.345 e. The number of hydrogen-bond acceptors (Lipinski definition) is 5. The van der Waals surface area contributed by atoms with E-state index < -0.39 is 10.0 Å². The fourth-order valence-corrected chi connectivity index (χ4v) is 6.18. The van der Waals surface area contributed by atoms with E-state index in [1.807, 2.05) is 13.0 Å². The van der Waals surface area contributed by atoms with Gasteiger partial charge in [-0.25, -0.2) is 8.42 Å². The summed E-state index contributed by atoms with van der Waals surface area (Å²) in [5.74, 6) is -0.646. The van der Waals surface area contributed by atoms with Gasteiger partial charge in [-0.2, -0.15) is 4.31 Å². The maximum atomic E-state index is 12.9. The third-order valence-corrected chi connectivity index (χ3v) is 8.81. The summed E-state index contributed by atoms with van der Waals surface area (Å²) >= 11 is 7.14. The van der Waals surface area contributed by atoms with E-state index in [0.717, 1.165) is 16.9 Å². The van der Waals surface area contributed by atoms with Crippen molar-refractivity contribution in [3.63, 3.8) is 0 Å². The fourth-order valence-electron chi connectivity index (χ4n) is 3.22. The van der Waals surface area contributed by atoms with Crippen LogP contribution in [0, 0.1) is 12.8 Å². The number of carbonyl (C=O) groups is 2. The number of thiophene rings is 1. The normalized spacial score (nSPS) is 15.7. The Hall–Kier alpha value is -1.94. The maximum Gasteiger partial charge on any atom is 0.254 e. The van der Waals surface area contributed by atoms with Crippen molar-refractivity contribution in [3.8, 4) is 0 Å². The van der Waals surface area contributed by atoms with Crippen molar-refractivity contribution in [3.05, 3.63) is 45.8 Å². The molecule has 30 heavy (non-hydrogen) atoms. The molecular formula is C20H24ClN3O4S2. The van der Waals surface area contributed by atoms with E-state index in [1.165, 1.54) is 15.3 Å². The summed E-state index contributed by atoms with van der Waals surface area (Å²) in [6, 6.07) is 6.76. The van der Waals surface area contributed by atoms with Gasteiger partial charge in [-0.3, -0.25) is 9.59 Å². The molecule has 3 rings (SSSR count). The number of carbonyl (C=O) groups excluding carboxylic acids is 2. The Morgan fingerprint density at radius 1 is 1.20 bits per heavy atom. The molecule has 2 heterocycles. The van der Waals surface area contributed by atoms with Gasteiger partial charge in [0.25, 0.3) is 15.9 Å². The van der Waals surface area contributed by atoms with Crippen LogP contribution >= 0.6 is 22.9 Å². The minimum absolute atomic E-state index is 0.137. The standard InChI is InChI=1S/C20H24ClN3O4S2/c1-13-4-5-16(11-17(13)21)22-19(25)14-6-8-24(9-7-14)30(27,28)18-10-15(12-29-18)20(26)23(2)3/h4-5,10-12,14H,6-9H2,1-3H3,(H,22,25). The number of nitrogens with one attached hydrogen (secondary N) is 1. The Morgan fingerprint density at radius 2 is 1.87 bits per heavy atom. The SMILES string of the molecule is Cc1ccc(NC(=O)C2CCN(S(=O)(=O)c3cc(C(=O)N(C)C)cs3)CC2)cc1Cl. The molecule has 1 saturated heterocycles. The highest BCUT2D eigenvalue weighted by Crippen LogP contribution is 2.29. The van der Waals surface area contributed by atoms with E-state index in [2.05, 4.69) is 5.32 Å². The third-order valence-electron chi connectivity index (χ3n) is 5.09. The summed E-state index contributed by atoms with van der Waals surface area (Å²) < 4.78 is 27.4. The molecule has 1 aliphatic rings. The van der Waals surface area contributed by atoms with Crippen LogP contribution in [-0.2, 0) is 14.8 Å². The second kappa shape index (κ2) is 9.05. The molecule has 162 valence electrons. The van der Waals surface area contributed by atoms with Gasteiger partial charge in [0.05, 0.1) is 5.56 Å². The number of anilines is 1. The van der Waals surface area contributed by atoms with E-state index in [4.69, 9.17) is 11.6 Å². The molecular weight excluding hydrogens is 446 g/mol. The molecule has 1 fully saturated rings. The number of benzene rings is 1. The molecule has 0 radical (unpaired) electrons. The highest BCUT2D eigenvalue weighted by atomic mass is 35.5. The van der Waals surface area contributed by atoms with Gasteiger partial charge in [0, 0.05) is 49.2 Å². The number of hydrogen-bond donors (Lipinski definition) is 1. The lowest BCUT2D eigenvalue weighted by Crippen LogP contribution is -2.41. The van der Waals surface area contributed by atoms with Gasteiger partial charge >= 0.3 is 0 Å². The fraction of sp³-hybridized carbons (Fsp3) is 0.400. The summed E-state index contributed by atoms with van der Waals surface area (Å²) in [6.45, 7) is 2.39. The molecule has 0 saturated carbocycles. The summed E-state index contributed by atoms with van der Waals surface area (Å²) in [6.07, 6.45) is 0.860. The Labute approximate surface area is 185 Å². The van der Waals surface area contributed by atoms with Crippen molar-refractivity contribution in [1.82, 2.24) is 9.21 Å². The molecule has 1 N–H and O–H groups in total. The summed E-state index contributed by atoms with van der Waals surface area (Å²) in [5, 5.41) is 5.00. The van der Waals surface area contributed by atoms with Crippen LogP contribution in [-0.4, -0.2) is 56.6 Å². The first-order chi connectivity index (χ1) is 14.1. The van der Waals surface area contributed by atoms with Crippen LogP contribution in [0.3, 0.4) is 0 Å². The molecule has 0 atom stereocenters. The second-order valence-electron chi connectivity index (χ2n) is 7.49. The number of sulfonamides is 1. The minimum atomic E-state index is -3.69. The van der Waals surface area contributed by atoms with Crippen LogP contribution in [0.25, 0.3) is 0 Å². The Morgan fingerprint density at radius 3 is 2.47 bits per heavy atom. The number of aryl methyl sites for hydroxylation is 1. The van der Waals surface area contributed by atoms with Gasteiger partial charge in [0.15, 0.2) is 0 Å². The Kier molecular flexibility index (Phi) is 6.86. The molecule has 1 aromatic heterocycles. The van der Waals surface area contributed by atoms with Crippen molar-refractivity contribution in [2.75, 3.05) is 32.5 Å². The lowest BCUT2D eigenvalue weighted by atomic mass is 9.97. The average Bonchev–Trinajstić information content (AvgIpc) is 3.21. The highest BCUT2D eigenvalue weighted by Gasteiger charge is 2.33. The molecule has 10 heteroatoms. The first kappa shape index (κ1) is 22.7. The van der Waals surface area contributed by atoms with Gasteiger partial charge < -0.3 is 10.2 Å². The van der Waals surface area contributed by atoms with E-state index in [1.54, 1.807) is 31.6 Å². The van der Waals surface area contributed by atoms with Gasteiger partial charge in [-0.15, -0.1) is 11.3 Å². The smallest absolute Gasteiger partial charge is 0.254 e. The monoisotopic (exact) mass is 469 g/mol. The summed E-state index contributed by atoms with van der Waals surface area (Å²) in [7, 11) is -0.448. The number of rotatable bonds is 5. The van der Waals surface area contributed by atoms with Gasteiger partial charge in [0.2, 0.25) is 5.91 Å². The highest BCUT2D eigenvalue weighted by molar-refractivity contribution is 7.91. The number of amides is 2. The van der Waals surface area contributed by atoms with Crippen LogP contribution in [0.2, 0.25) is 5.02 Å². The summed E-state index contributed by atoms with van der Waals surface area (Å²) in [4.78, 5) is 26.0. The van der Waals surface area contributed by atoms with Gasteiger partial charge in [-0.1, -0.05) is 17.7 Å². The molecule has 1 aromatic carbocycles. The number of nitrogens with zero attached hydrogens (tertiary/aromatic N) is 2. The topological polar surface area (TPSA) is 86.8 Å². The largest absolute Gasteiger partial charge is 0.345 e. The molecule has 2 amide bonds. The van der Waals surface area contributed by atoms with Crippen molar-refractivity contribution in [2.24, 2.45) is 5.92 Å². The second-order valence-corrected chi connectivity index (χ2v) is 11.0. The molecule has 0 bridgehead atoms. The van der Waals surface area contributed by atoms with Crippen molar-refractivity contribution < 1.29 is 18.0 Å². The first-order valence-electron chi connectivity index (χ1n) is 9.47. The van der Waals surface area contributed by atoms with E-state index in [9.17, 15) is 18.0 Å². The summed E-state index contributed by atoms with van der Waals surface area (Å²) in [5.41, 5.74) is 1.91. The lowest BCUT2D eigenvalue weighted by molar-refractivity contribution is -0.120. The maximum absolute atomic E-state index is 12.9. The molecule has 7 nitrogen and oxygen atoms in total. The Bertz CT molecular complexity index is 1060. The number of piperidine rings is 1. The molecule has 0 spiro atoms. The molecule has 0 aliphatic carbocycles. The zero-order chi connectivity index (χ0) is 22.1. The van der Waals surface area contributed by atoms with Crippen LogP contribution in [0.4, 0.5) is 5.69 Å². The van der Waals surface area contributed by atoms with Crippen molar-refractivity contribution >= 4 is 50.5 Å². The predicted octanol–water partition coefficient (Wildman–Crippen LogP) is 3.45. The molecule has 2 aromatic rings. The Balaban J connectivity index is 1.62.